The summed E-state index contributed by atoms with van der Waals surface area (Å²) >= 11 is 1.76. The van der Waals surface area contributed by atoms with Crippen molar-refractivity contribution in [2.75, 3.05) is 5.32 Å². The molecule has 34 heavy (non-hydrogen) atoms. The third kappa shape index (κ3) is 5.00. The van der Waals surface area contributed by atoms with E-state index in [2.05, 4.69) is 10.3 Å². The lowest BCUT2D eigenvalue weighted by Crippen LogP contribution is -2.09. The normalized spacial score (nSPS) is 11.4. The number of hydrogen-bond acceptors (Lipinski definition) is 6. The van der Waals surface area contributed by atoms with Crippen LogP contribution in [0.25, 0.3) is 21.7 Å². The minimum Gasteiger partial charge on any atom is -0.297 e. The Morgan fingerprint density at radius 1 is 0.971 bits per heavy atom. The van der Waals surface area contributed by atoms with Crippen molar-refractivity contribution in [3.63, 3.8) is 0 Å². The topological polar surface area (TPSA) is 85.1 Å². The maximum absolute atomic E-state index is 13.4. The lowest BCUT2D eigenvalue weighted by atomic mass is 10.0. The molecule has 6 nitrogen and oxygen atoms in total. The summed E-state index contributed by atoms with van der Waals surface area (Å²) in [4.78, 5) is 28.0. The second-order valence-corrected chi connectivity index (χ2v) is 9.56. The van der Waals surface area contributed by atoms with Crippen molar-refractivity contribution in [1.82, 2.24) is 4.98 Å². The van der Waals surface area contributed by atoms with Gasteiger partial charge in [0.25, 0.3) is 5.91 Å². The summed E-state index contributed by atoms with van der Waals surface area (Å²) in [6, 6.07) is 13.7. The number of benzene rings is 2. The van der Waals surface area contributed by atoms with E-state index < -0.39 is 22.6 Å². The number of nitrogens with zero attached hydrogens (tertiary/aromatic N) is 2. The Hall–Kier alpha value is -3.57. The number of thiophene rings is 1. The summed E-state index contributed by atoms with van der Waals surface area (Å²) in [5.41, 5.74) is 2.10. The third-order valence-electron chi connectivity index (χ3n) is 4.84. The van der Waals surface area contributed by atoms with Gasteiger partial charge >= 0.3 is 11.2 Å². The van der Waals surface area contributed by atoms with E-state index >= 15 is 0 Å². The molecule has 0 saturated carbocycles. The van der Waals surface area contributed by atoms with Gasteiger partial charge < -0.3 is 0 Å². The van der Waals surface area contributed by atoms with Crippen LogP contribution in [-0.2, 0) is 6.18 Å². The van der Waals surface area contributed by atoms with Gasteiger partial charge in [0.15, 0.2) is 5.13 Å². The predicted octanol–water partition coefficient (Wildman–Crippen LogP) is 7.33. The van der Waals surface area contributed by atoms with Crippen molar-refractivity contribution in [2.45, 2.75) is 20.0 Å². The molecule has 0 atom stereocenters. The van der Waals surface area contributed by atoms with Crippen LogP contribution < -0.4 is 5.32 Å². The highest BCUT2D eigenvalue weighted by Gasteiger charge is 2.31. The monoisotopic (exact) mass is 503 g/mol. The number of carbonyl (C=O) groups is 1. The summed E-state index contributed by atoms with van der Waals surface area (Å²) in [6.45, 7) is 3.49. The quantitative estimate of drug-likeness (QED) is 0.228. The first-order valence-electron chi connectivity index (χ1n) is 9.84. The van der Waals surface area contributed by atoms with Crippen molar-refractivity contribution < 1.29 is 22.9 Å². The van der Waals surface area contributed by atoms with Crippen LogP contribution in [0.2, 0.25) is 0 Å². The van der Waals surface area contributed by atoms with E-state index in [4.69, 9.17) is 0 Å². The molecule has 0 unspecified atom stereocenters. The number of anilines is 1. The van der Waals surface area contributed by atoms with Gasteiger partial charge in [-0.2, -0.15) is 13.2 Å². The van der Waals surface area contributed by atoms with E-state index in [1.807, 2.05) is 31.2 Å². The van der Waals surface area contributed by atoms with Gasteiger partial charge in [-0.1, -0.05) is 58.6 Å². The molecule has 2 aromatic carbocycles. The molecule has 11 heteroatoms. The van der Waals surface area contributed by atoms with E-state index in [-0.39, 0.29) is 15.0 Å². The van der Waals surface area contributed by atoms with E-state index in [0.29, 0.717) is 27.3 Å². The number of alkyl halides is 3. The van der Waals surface area contributed by atoms with E-state index in [0.717, 1.165) is 40.4 Å². The Morgan fingerprint density at radius 2 is 1.68 bits per heavy atom. The summed E-state index contributed by atoms with van der Waals surface area (Å²) in [5.74, 6) is -0.589. The molecule has 0 aliphatic heterocycles. The largest absolute Gasteiger partial charge is 0.416 e. The highest BCUT2D eigenvalue weighted by molar-refractivity contribution is 7.20. The van der Waals surface area contributed by atoms with Crippen molar-refractivity contribution in [3.05, 3.63) is 86.3 Å². The second-order valence-electron chi connectivity index (χ2n) is 7.50. The van der Waals surface area contributed by atoms with Gasteiger partial charge in [0.05, 0.1) is 25.9 Å². The Morgan fingerprint density at radius 3 is 2.29 bits per heavy atom. The van der Waals surface area contributed by atoms with Gasteiger partial charge in [-0.15, -0.1) is 0 Å². The molecule has 1 amide bonds. The van der Waals surface area contributed by atoms with Crippen LogP contribution in [0, 0.1) is 24.0 Å². The van der Waals surface area contributed by atoms with Crippen LogP contribution in [0.5, 0.6) is 0 Å². The Bertz CT molecular complexity index is 1390. The molecule has 0 aliphatic carbocycles. The van der Waals surface area contributed by atoms with Gasteiger partial charge in [-0.25, -0.2) is 4.98 Å². The first-order valence-corrected chi connectivity index (χ1v) is 11.5. The van der Waals surface area contributed by atoms with Crippen molar-refractivity contribution >= 4 is 38.7 Å². The number of hydrogen-bond donors (Lipinski definition) is 1. The Kier molecular flexibility index (Phi) is 6.24. The Balaban J connectivity index is 1.78. The molecule has 0 saturated heterocycles. The predicted molar refractivity (Wildman–Crippen MR) is 126 cm³/mol. The Labute approximate surface area is 199 Å². The average molecular weight is 504 g/mol. The molecule has 0 bridgehead atoms. The minimum atomic E-state index is -4.51. The number of halogens is 3. The van der Waals surface area contributed by atoms with Crippen molar-refractivity contribution in [1.29, 1.82) is 0 Å². The summed E-state index contributed by atoms with van der Waals surface area (Å²) < 4.78 is 40.3. The first-order chi connectivity index (χ1) is 16.0. The zero-order valence-electron chi connectivity index (χ0n) is 17.8. The van der Waals surface area contributed by atoms with Crippen LogP contribution in [-0.4, -0.2) is 15.8 Å². The van der Waals surface area contributed by atoms with Crippen LogP contribution in [0.4, 0.5) is 23.3 Å². The smallest absolute Gasteiger partial charge is 0.297 e. The summed E-state index contributed by atoms with van der Waals surface area (Å²) in [6.07, 6.45) is -4.51. The standard InChI is InChI=1S/C23H16F3N3O3S2/c1-12-3-5-14(6-4-12)19-20(15-9-13(2)10-16(11-15)23(24,25)26)34-22(27-19)28-21(30)17-7-8-18(33-17)29(31)32/h3-11H,1-2H3,(H,27,28,30). The number of aromatic nitrogens is 1. The van der Waals surface area contributed by atoms with E-state index in [9.17, 15) is 28.1 Å². The molecular formula is C23H16F3N3O3S2. The highest BCUT2D eigenvalue weighted by Crippen LogP contribution is 2.42. The fourth-order valence-corrected chi connectivity index (χ4v) is 4.95. The number of rotatable bonds is 5. The lowest BCUT2D eigenvalue weighted by molar-refractivity contribution is -0.380. The maximum atomic E-state index is 13.4. The first kappa shape index (κ1) is 23.6. The molecular weight excluding hydrogens is 487 g/mol. The zero-order valence-corrected chi connectivity index (χ0v) is 19.4. The van der Waals surface area contributed by atoms with Gasteiger partial charge in [-0.3, -0.25) is 20.2 Å². The SMILES string of the molecule is Cc1ccc(-c2nc(NC(=O)c3ccc([N+](=O)[O-])s3)sc2-c2cc(C)cc(C(F)(F)F)c2)cc1. The second kappa shape index (κ2) is 8.99. The van der Waals surface area contributed by atoms with Crippen LogP contribution >= 0.6 is 22.7 Å². The molecule has 2 aromatic heterocycles. The molecule has 174 valence electrons. The molecule has 1 N–H and O–H groups in total. The lowest BCUT2D eigenvalue weighted by Gasteiger charge is -2.11. The molecule has 0 spiro atoms. The third-order valence-corrected chi connectivity index (χ3v) is 6.89. The number of carbonyl (C=O) groups excluding carboxylic acids is 1. The summed E-state index contributed by atoms with van der Waals surface area (Å²) in [5, 5.41) is 13.5. The molecule has 0 fully saturated rings. The number of nitrogens with one attached hydrogen (secondary N) is 1. The highest BCUT2D eigenvalue weighted by atomic mass is 32.1. The van der Waals surface area contributed by atoms with Gasteiger partial charge in [-0.05, 0) is 43.2 Å². The van der Waals surface area contributed by atoms with Gasteiger partial charge in [0.2, 0.25) is 0 Å². The number of aryl methyl sites for hydroxylation is 2. The van der Waals surface area contributed by atoms with E-state index in [1.165, 1.54) is 12.1 Å². The van der Waals surface area contributed by atoms with E-state index in [1.54, 1.807) is 13.0 Å². The molecule has 4 aromatic rings. The molecule has 0 radical (unpaired) electrons. The van der Waals surface area contributed by atoms with Crippen LogP contribution in [0.1, 0.15) is 26.4 Å². The van der Waals surface area contributed by atoms with Crippen molar-refractivity contribution in [3.8, 4) is 21.7 Å². The summed E-state index contributed by atoms with van der Waals surface area (Å²) in [7, 11) is 0. The van der Waals surface area contributed by atoms with Crippen molar-refractivity contribution in [2.24, 2.45) is 0 Å². The number of amides is 1. The van der Waals surface area contributed by atoms with Gasteiger partial charge in [0, 0.05) is 11.6 Å². The maximum Gasteiger partial charge on any atom is 0.416 e. The zero-order chi connectivity index (χ0) is 24.6. The van der Waals surface area contributed by atoms with Gasteiger partial charge in [0.1, 0.15) is 0 Å². The number of nitro groups is 1. The minimum absolute atomic E-state index is 0.121. The molecule has 2 heterocycles. The molecule has 0 aliphatic rings. The fourth-order valence-electron chi connectivity index (χ4n) is 3.26. The average Bonchev–Trinajstić information content (AvgIpc) is 3.41. The number of thiazole rings is 1. The van der Waals surface area contributed by atoms with Crippen LogP contribution in [0.3, 0.4) is 0 Å². The fraction of sp³-hybridized carbons (Fsp3) is 0.130. The van der Waals surface area contributed by atoms with Crippen LogP contribution in [0.15, 0.2) is 54.6 Å². The molecule has 4 rings (SSSR count).